The number of benzene rings is 3. The minimum Gasteiger partial charge on any atom is -0.266 e. The molecule has 0 N–H and O–H groups in total. The molecule has 3 nitrogen and oxygen atoms in total. The van der Waals surface area contributed by atoms with Crippen LogP contribution in [0, 0.1) is 12.7 Å². The highest BCUT2D eigenvalue weighted by atomic mass is 79.9. The molecule has 0 fully saturated rings. The maximum atomic E-state index is 13.2. The van der Waals surface area contributed by atoms with Gasteiger partial charge in [0, 0.05) is 10.0 Å². The van der Waals surface area contributed by atoms with Crippen molar-refractivity contribution in [2.24, 2.45) is 4.99 Å². The second-order valence-electron chi connectivity index (χ2n) is 6.50. The molecule has 0 radical (unpaired) electrons. The number of halogens is 2. The number of amides is 1. The number of anilines is 1. The minimum absolute atomic E-state index is 0.224. The molecule has 0 aliphatic carbocycles. The van der Waals surface area contributed by atoms with E-state index in [0.29, 0.717) is 17.1 Å². The first-order valence-corrected chi connectivity index (χ1v) is 9.53. The van der Waals surface area contributed by atoms with Crippen LogP contribution in [0.5, 0.6) is 0 Å². The summed E-state index contributed by atoms with van der Waals surface area (Å²) in [5.41, 5.74) is 3.72. The molecule has 28 heavy (non-hydrogen) atoms. The van der Waals surface area contributed by atoms with Gasteiger partial charge in [0.25, 0.3) is 5.91 Å². The molecule has 0 saturated heterocycles. The van der Waals surface area contributed by atoms with Crippen LogP contribution in [0.15, 0.2) is 88.0 Å². The average Bonchev–Trinajstić information content (AvgIpc) is 3.00. The van der Waals surface area contributed by atoms with Gasteiger partial charge < -0.3 is 0 Å². The van der Waals surface area contributed by atoms with Gasteiger partial charge >= 0.3 is 0 Å². The fourth-order valence-corrected chi connectivity index (χ4v) is 3.37. The van der Waals surface area contributed by atoms with Crippen molar-refractivity contribution < 1.29 is 9.18 Å². The Morgan fingerprint density at radius 2 is 1.71 bits per heavy atom. The van der Waals surface area contributed by atoms with Crippen molar-refractivity contribution in [3.63, 3.8) is 0 Å². The molecule has 3 aromatic carbocycles. The van der Waals surface area contributed by atoms with Gasteiger partial charge in [-0.25, -0.2) is 9.38 Å². The second-order valence-corrected chi connectivity index (χ2v) is 7.42. The lowest BCUT2D eigenvalue weighted by atomic mass is 10.1. The van der Waals surface area contributed by atoms with E-state index in [-0.39, 0.29) is 11.7 Å². The normalized spacial score (nSPS) is 15.2. The van der Waals surface area contributed by atoms with E-state index in [0.717, 1.165) is 21.3 Å². The molecule has 1 amide bonds. The molecule has 1 aliphatic heterocycles. The number of rotatable bonds is 3. The van der Waals surface area contributed by atoms with Crippen LogP contribution in [0.25, 0.3) is 6.08 Å². The summed E-state index contributed by atoms with van der Waals surface area (Å²) in [6, 6.07) is 21.4. The summed E-state index contributed by atoms with van der Waals surface area (Å²) in [6.45, 7) is 2.01. The van der Waals surface area contributed by atoms with E-state index in [1.165, 1.54) is 12.1 Å². The predicted octanol–water partition coefficient (Wildman–Crippen LogP) is 5.73. The number of nitrogens with zero attached hydrogens (tertiary/aromatic N) is 2. The van der Waals surface area contributed by atoms with Crippen LogP contribution >= 0.6 is 15.9 Å². The highest BCUT2D eigenvalue weighted by Crippen LogP contribution is 2.29. The molecule has 0 saturated carbocycles. The number of carbonyl (C=O) groups is 1. The Labute approximate surface area is 171 Å². The number of hydrogen-bond donors (Lipinski definition) is 0. The van der Waals surface area contributed by atoms with Gasteiger partial charge in [-0.2, -0.15) is 0 Å². The van der Waals surface area contributed by atoms with E-state index >= 15 is 0 Å². The third kappa shape index (κ3) is 3.66. The van der Waals surface area contributed by atoms with Gasteiger partial charge in [-0.05, 0) is 48.9 Å². The lowest BCUT2D eigenvalue weighted by Crippen LogP contribution is -2.32. The van der Waals surface area contributed by atoms with Crippen molar-refractivity contribution in [1.29, 1.82) is 0 Å². The monoisotopic (exact) mass is 434 g/mol. The van der Waals surface area contributed by atoms with E-state index < -0.39 is 0 Å². The first-order chi connectivity index (χ1) is 13.5. The van der Waals surface area contributed by atoms with Crippen molar-refractivity contribution >= 4 is 39.4 Å². The molecule has 0 aromatic heterocycles. The van der Waals surface area contributed by atoms with E-state index in [4.69, 9.17) is 0 Å². The van der Waals surface area contributed by atoms with Crippen LogP contribution in [0.3, 0.4) is 0 Å². The maximum Gasteiger partial charge on any atom is 0.282 e. The number of hydrogen-bond acceptors (Lipinski definition) is 2. The average molecular weight is 435 g/mol. The van der Waals surface area contributed by atoms with Gasteiger partial charge in [0.15, 0.2) is 0 Å². The zero-order valence-electron chi connectivity index (χ0n) is 15.1. The standard InChI is InChI=1S/C23H16BrFN2O/c1-15-5-9-17(10-6-15)22-26-21(13-16-7-11-19(25)12-8-16)23(28)27(22)20-4-2-3-18(24)14-20/h2-14H,1H3/b21-13+. The van der Waals surface area contributed by atoms with E-state index in [9.17, 15) is 9.18 Å². The highest BCUT2D eigenvalue weighted by Gasteiger charge is 2.32. The summed E-state index contributed by atoms with van der Waals surface area (Å²) in [5.74, 6) is 0.0222. The first-order valence-electron chi connectivity index (χ1n) is 8.74. The number of aryl methyl sites for hydroxylation is 1. The van der Waals surface area contributed by atoms with Gasteiger partial charge in [0.1, 0.15) is 17.3 Å². The van der Waals surface area contributed by atoms with E-state index in [1.54, 1.807) is 23.1 Å². The third-order valence-electron chi connectivity index (χ3n) is 4.41. The smallest absolute Gasteiger partial charge is 0.266 e. The zero-order chi connectivity index (χ0) is 19.7. The number of carbonyl (C=O) groups excluding carboxylic acids is 1. The Kier molecular flexibility index (Phi) is 4.92. The molecule has 5 heteroatoms. The van der Waals surface area contributed by atoms with Crippen LogP contribution in [0.4, 0.5) is 10.1 Å². The van der Waals surface area contributed by atoms with Crippen LogP contribution in [-0.2, 0) is 4.79 Å². The van der Waals surface area contributed by atoms with E-state index in [2.05, 4.69) is 20.9 Å². The first kappa shape index (κ1) is 18.3. The van der Waals surface area contributed by atoms with Crippen LogP contribution < -0.4 is 4.90 Å². The lowest BCUT2D eigenvalue weighted by Gasteiger charge is -2.19. The number of amidine groups is 1. The molecule has 138 valence electrons. The molecule has 1 heterocycles. The van der Waals surface area contributed by atoms with Gasteiger partial charge in [-0.1, -0.05) is 64.0 Å². The Hall–Kier alpha value is -3.05. The molecule has 0 unspecified atom stereocenters. The summed E-state index contributed by atoms with van der Waals surface area (Å²) in [6.07, 6.45) is 1.67. The second kappa shape index (κ2) is 7.52. The van der Waals surface area contributed by atoms with Crippen LogP contribution in [-0.4, -0.2) is 11.7 Å². The summed E-state index contributed by atoms with van der Waals surface area (Å²) in [4.78, 5) is 19.4. The number of aliphatic imine (C=N–C) groups is 1. The summed E-state index contributed by atoms with van der Waals surface area (Å²) in [7, 11) is 0. The molecule has 1 aliphatic rings. The van der Waals surface area contributed by atoms with Crippen molar-refractivity contribution in [2.45, 2.75) is 6.92 Å². The van der Waals surface area contributed by atoms with Gasteiger partial charge in [-0.3, -0.25) is 9.69 Å². The zero-order valence-corrected chi connectivity index (χ0v) is 16.7. The fourth-order valence-electron chi connectivity index (χ4n) is 2.98. The Bertz CT molecular complexity index is 1100. The van der Waals surface area contributed by atoms with Crippen molar-refractivity contribution in [1.82, 2.24) is 0 Å². The summed E-state index contributed by atoms with van der Waals surface area (Å²) >= 11 is 3.46. The third-order valence-corrected chi connectivity index (χ3v) is 4.90. The quantitative estimate of drug-likeness (QED) is 0.484. The van der Waals surface area contributed by atoms with Gasteiger partial charge in [0.2, 0.25) is 0 Å². The molecule has 0 bridgehead atoms. The molecule has 4 rings (SSSR count). The SMILES string of the molecule is Cc1ccc(C2=N/C(=C/c3ccc(F)cc3)C(=O)N2c2cccc(Br)c2)cc1. The van der Waals surface area contributed by atoms with Crippen LogP contribution in [0.2, 0.25) is 0 Å². The highest BCUT2D eigenvalue weighted by molar-refractivity contribution is 9.10. The fraction of sp³-hybridized carbons (Fsp3) is 0.0435. The largest absolute Gasteiger partial charge is 0.282 e. The molecular formula is C23H16BrFN2O. The van der Waals surface area contributed by atoms with Crippen molar-refractivity contribution in [3.05, 3.63) is 105 Å². The summed E-state index contributed by atoms with van der Waals surface area (Å²) in [5, 5.41) is 0. The molecule has 0 spiro atoms. The predicted molar refractivity (Wildman–Crippen MR) is 114 cm³/mol. The maximum absolute atomic E-state index is 13.2. The Morgan fingerprint density at radius 3 is 2.39 bits per heavy atom. The molecule has 3 aromatic rings. The van der Waals surface area contributed by atoms with Crippen molar-refractivity contribution in [3.8, 4) is 0 Å². The minimum atomic E-state index is -0.320. The summed E-state index contributed by atoms with van der Waals surface area (Å²) < 4.78 is 14.1. The Balaban J connectivity index is 1.82. The van der Waals surface area contributed by atoms with Gasteiger partial charge in [0.05, 0.1) is 5.69 Å². The van der Waals surface area contributed by atoms with Gasteiger partial charge in [-0.15, -0.1) is 0 Å². The lowest BCUT2D eigenvalue weighted by molar-refractivity contribution is -0.113. The molecular weight excluding hydrogens is 419 g/mol. The van der Waals surface area contributed by atoms with E-state index in [1.807, 2.05) is 55.5 Å². The molecule has 0 atom stereocenters. The van der Waals surface area contributed by atoms with Crippen molar-refractivity contribution in [2.75, 3.05) is 4.90 Å². The Morgan fingerprint density at radius 1 is 1.00 bits per heavy atom. The topological polar surface area (TPSA) is 32.7 Å². The van der Waals surface area contributed by atoms with Crippen LogP contribution in [0.1, 0.15) is 16.7 Å².